The Morgan fingerprint density at radius 1 is 1.44 bits per heavy atom. The highest BCUT2D eigenvalue weighted by Crippen LogP contribution is 2.28. The van der Waals surface area contributed by atoms with E-state index in [1.54, 1.807) is 6.20 Å². The van der Waals surface area contributed by atoms with Crippen molar-refractivity contribution >= 4 is 22.3 Å². The molecule has 2 aromatic rings. The van der Waals surface area contributed by atoms with Crippen molar-refractivity contribution in [1.29, 1.82) is 0 Å². The lowest BCUT2D eigenvalue weighted by Gasteiger charge is -2.13. The van der Waals surface area contributed by atoms with Crippen LogP contribution in [-0.2, 0) is 0 Å². The molecule has 1 aromatic heterocycles. The second-order valence-electron chi connectivity index (χ2n) is 5.11. The molecular formula is C13H18N4O. The van der Waals surface area contributed by atoms with Gasteiger partial charge in [-0.25, -0.2) is 0 Å². The minimum atomic E-state index is -0.121. The highest BCUT2D eigenvalue weighted by Gasteiger charge is 2.22. The van der Waals surface area contributed by atoms with Crippen molar-refractivity contribution < 1.29 is 5.11 Å². The quantitative estimate of drug-likeness (QED) is 0.621. The largest absolute Gasteiger partial charge is 0.397 e. The summed E-state index contributed by atoms with van der Waals surface area (Å²) in [5.41, 5.74) is 8.67. The first-order valence-corrected chi connectivity index (χ1v) is 6.37. The van der Waals surface area contributed by atoms with E-state index < -0.39 is 0 Å². The molecular weight excluding hydrogens is 228 g/mol. The van der Waals surface area contributed by atoms with E-state index in [4.69, 9.17) is 5.73 Å². The molecule has 1 heterocycles. The van der Waals surface area contributed by atoms with Crippen molar-refractivity contribution in [2.75, 3.05) is 17.6 Å². The monoisotopic (exact) mass is 246 g/mol. The summed E-state index contributed by atoms with van der Waals surface area (Å²) >= 11 is 0. The number of aliphatic hydroxyl groups is 1. The number of nitrogens with zero attached hydrogens (tertiary/aromatic N) is 1. The fraction of sp³-hybridized carbons (Fsp3) is 0.462. The fourth-order valence-electron chi connectivity index (χ4n) is 2.65. The van der Waals surface area contributed by atoms with Crippen molar-refractivity contribution in [1.82, 2.24) is 10.2 Å². The van der Waals surface area contributed by atoms with Crippen molar-refractivity contribution in [3.8, 4) is 0 Å². The fourth-order valence-corrected chi connectivity index (χ4v) is 2.65. The van der Waals surface area contributed by atoms with Crippen molar-refractivity contribution in [3.63, 3.8) is 0 Å². The average Bonchev–Trinajstić information content (AvgIpc) is 2.94. The minimum absolute atomic E-state index is 0.121. The molecule has 18 heavy (non-hydrogen) atoms. The minimum Gasteiger partial charge on any atom is -0.397 e. The summed E-state index contributed by atoms with van der Waals surface area (Å²) in [5, 5.41) is 20.8. The normalized spacial score (nSPS) is 23.6. The number of rotatable bonds is 3. The lowest BCUT2D eigenvalue weighted by molar-refractivity contribution is 0.178. The van der Waals surface area contributed by atoms with E-state index in [1.807, 2.05) is 12.1 Å². The third kappa shape index (κ3) is 2.13. The van der Waals surface area contributed by atoms with Crippen LogP contribution in [-0.4, -0.2) is 28.0 Å². The van der Waals surface area contributed by atoms with Gasteiger partial charge in [0.1, 0.15) is 0 Å². The average molecular weight is 246 g/mol. The molecule has 2 unspecified atom stereocenters. The van der Waals surface area contributed by atoms with Gasteiger partial charge in [0.05, 0.1) is 29.2 Å². The number of aliphatic hydroxyl groups excluding tert-OH is 1. The number of hydrogen-bond donors (Lipinski definition) is 4. The standard InChI is InChI=1S/C13H18N4O/c14-11-4-9-7-16-17-12(9)5-13(11)15-6-8-1-2-10(18)3-8/h4-5,7-8,10,15,18H,1-3,6,14H2,(H,16,17). The molecule has 1 aromatic carbocycles. The number of anilines is 2. The van der Waals surface area contributed by atoms with Crippen LogP contribution in [0.4, 0.5) is 11.4 Å². The SMILES string of the molecule is Nc1cc2cn[nH]c2cc1NCC1CCC(O)C1. The van der Waals surface area contributed by atoms with Crippen LogP contribution in [0.25, 0.3) is 10.9 Å². The summed E-state index contributed by atoms with van der Waals surface area (Å²) < 4.78 is 0. The Morgan fingerprint density at radius 3 is 3.11 bits per heavy atom. The van der Waals surface area contributed by atoms with E-state index >= 15 is 0 Å². The Hall–Kier alpha value is -1.75. The maximum absolute atomic E-state index is 9.50. The summed E-state index contributed by atoms with van der Waals surface area (Å²) in [5.74, 6) is 0.539. The van der Waals surface area contributed by atoms with E-state index in [0.717, 1.165) is 48.1 Å². The van der Waals surface area contributed by atoms with Crippen molar-refractivity contribution in [2.45, 2.75) is 25.4 Å². The lowest BCUT2D eigenvalue weighted by atomic mass is 10.1. The van der Waals surface area contributed by atoms with Gasteiger partial charge in [-0.2, -0.15) is 5.10 Å². The zero-order valence-electron chi connectivity index (χ0n) is 10.2. The third-order valence-corrected chi connectivity index (χ3v) is 3.71. The van der Waals surface area contributed by atoms with Crippen LogP contribution in [0.2, 0.25) is 0 Å². The van der Waals surface area contributed by atoms with E-state index in [2.05, 4.69) is 15.5 Å². The van der Waals surface area contributed by atoms with E-state index in [-0.39, 0.29) is 6.10 Å². The van der Waals surface area contributed by atoms with E-state index in [0.29, 0.717) is 5.92 Å². The summed E-state index contributed by atoms with van der Waals surface area (Å²) in [6.45, 7) is 0.862. The molecule has 0 amide bonds. The molecule has 0 saturated heterocycles. The maximum atomic E-state index is 9.50. The van der Waals surface area contributed by atoms with Gasteiger partial charge in [0.25, 0.3) is 0 Å². The third-order valence-electron chi connectivity index (χ3n) is 3.71. The molecule has 0 bridgehead atoms. The molecule has 96 valence electrons. The maximum Gasteiger partial charge on any atom is 0.0672 e. The smallest absolute Gasteiger partial charge is 0.0672 e. The molecule has 0 radical (unpaired) electrons. The van der Waals surface area contributed by atoms with Gasteiger partial charge >= 0.3 is 0 Å². The lowest BCUT2D eigenvalue weighted by Crippen LogP contribution is -2.13. The summed E-state index contributed by atoms with van der Waals surface area (Å²) in [6, 6.07) is 3.91. The van der Waals surface area contributed by atoms with Gasteiger partial charge in [0, 0.05) is 11.9 Å². The zero-order valence-corrected chi connectivity index (χ0v) is 10.2. The second-order valence-corrected chi connectivity index (χ2v) is 5.11. The molecule has 1 aliphatic rings. The Balaban J connectivity index is 1.71. The van der Waals surface area contributed by atoms with Gasteiger partial charge in [-0.1, -0.05) is 0 Å². The van der Waals surface area contributed by atoms with E-state index in [1.165, 1.54) is 0 Å². The number of benzene rings is 1. The van der Waals surface area contributed by atoms with Gasteiger partial charge in [-0.15, -0.1) is 0 Å². The number of nitrogens with one attached hydrogen (secondary N) is 2. The number of nitrogen functional groups attached to an aromatic ring is 1. The molecule has 1 aliphatic carbocycles. The van der Waals surface area contributed by atoms with Crippen LogP contribution >= 0.6 is 0 Å². The van der Waals surface area contributed by atoms with Crippen LogP contribution < -0.4 is 11.1 Å². The Morgan fingerprint density at radius 2 is 2.33 bits per heavy atom. The highest BCUT2D eigenvalue weighted by molar-refractivity contribution is 5.88. The molecule has 0 spiro atoms. The predicted octanol–water partition coefficient (Wildman–Crippen LogP) is 1.72. The van der Waals surface area contributed by atoms with E-state index in [9.17, 15) is 5.11 Å². The van der Waals surface area contributed by atoms with Crippen LogP contribution in [0.3, 0.4) is 0 Å². The molecule has 1 fully saturated rings. The Bertz CT molecular complexity index is 551. The van der Waals surface area contributed by atoms with Gasteiger partial charge in [0.15, 0.2) is 0 Å². The Labute approximate surface area is 105 Å². The van der Waals surface area contributed by atoms with Crippen LogP contribution in [0.5, 0.6) is 0 Å². The predicted molar refractivity (Wildman–Crippen MR) is 72.3 cm³/mol. The first-order chi connectivity index (χ1) is 8.72. The zero-order chi connectivity index (χ0) is 12.5. The molecule has 1 saturated carbocycles. The number of aromatic nitrogens is 2. The van der Waals surface area contributed by atoms with Gasteiger partial charge in [0.2, 0.25) is 0 Å². The number of hydrogen-bond acceptors (Lipinski definition) is 4. The number of fused-ring (bicyclic) bond motifs is 1. The number of nitrogens with two attached hydrogens (primary N) is 1. The van der Waals surface area contributed by atoms with Crippen molar-refractivity contribution in [2.24, 2.45) is 5.92 Å². The first kappa shape index (κ1) is 11.3. The molecule has 5 N–H and O–H groups in total. The van der Waals surface area contributed by atoms with Crippen LogP contribution in [0, 0.1) is 5.92 Å². The van der Waals surface area contributed by atoms with Crippen LogP contribution in [0.1, 0.15) is 19.3 Å². The van der Waals surface area contributed by atoms with Gasteiger partial charge in [-0.3, -0.25) is 5.10 Å². The molecule has 3 rings (SSSR count). The first-order valence-electron chi connectivity index (χ1n) is 6.37. The van der Waals surface area contributed by atoms with Crippen LogP contribution in [0.15, 0.2) is 18.3 Å². The van der Waals surface area contributed by atoms with Gasteiger partial charge in [-0.05, 0) is 37.3 Å². The summed E-state index contributed by atoms with van der Waals surface area (Å²) in [4.78, 5) is 0. The molecule has 0 aliphatic heterocycles. The topological polar surface area (TPSA) is 87.0 Å². The summed E-state index contributed by atoms with van der Waals surface area (Å²) in [7, 11) is 0. The second kappa shape index (κ2) is 4.49. The number of H-pyrrole nitrogens is 1. The number of aromatic amines is 1. The highest BCUT2D eigenvalue weighted by atomic mass is 16.3. The molecule has 5 nitrogen and oxygen atoms in total. The molecule has 5 heteroatoms. The molecule has 2 atom stereocenters. The summed E-state index contributed by atoms with van der Waals surface area (Å²) in [6.07, 6.45) is 4.54. The van der Waals surface area contributed by atoms with Gasteiger partial charge < -0.3 is 16.2 Å². The Kier molecular flexibility index (Phi) is 2.83. The van der Waals surface area contributed by atoms with Crippen molar-refractivity contribution in [3.05, 3.63) is 18.3 Å².